The number of aromatic amines is 1. The number of rotatable bonds is 14. The van der Waals surface area contributed by atoms with E-state index in [-0.39, 0.29) is 43.5 Å². The molecule has 1 saturated heterocycles. The number of amides is 5. The number of nitrogens with one attached hydrogen (secondary N) is 4. The fraction of sp³-hybridized carbons (Fsp3) is 0.390. The molecule has 0 aliphatic carbocycles. The highest BCUT2D eigenvalue weighted by Gasteiger charge is 2.57. The van der Waals surface area contributed by atoms with Gasteiger partial charge < -0.3 is 36.5 Å². The number of hydrogen-bond acceptors (Lipinski definition) is 6. The van der Waals surface area contributed by atoms with E-state index in [2.05, 4.69) is 20.9 Å². The first-order valence-electron chi connectivity index (χ1n) is 18.4. The summed E-state index contributed by atoms with van der Waals surface area (Å²) in [5.41, 5.74) is 8.84. The highest BCUT2D eigenvalue weighted by molar-refractivity contribution is 6.00. The molecule has 0 bridgehead atoms. The number of carbonyl (C=O) groups is 5. The number of para-hydroxylation sites is 1. The van der Waals surface area contributed by atoms with Crippen LogP contribution in [0.15, 0.2) is 84.9 Å². The second kappa shape index (κ2) is 16.5. The Bertz CT molecular complexity index is 1950. The van der Waals surface area contributed by atoms with E-state index in [1.54, 1.807) is 16.8 Å². The number of fused-ring (bicyclic) bond motifs is 3. The van der Waals surface area contributed by atoms with Crippen molar-refractivity contribution in [2.45, 2.75) is 82.1 Å². The van der Waals surface area contributed by atoms with Crippen molar-refractivity contribution in [3.8, 4) is 0 Å². The Labute approximate surface area is 309 Å². The van der Waals surface area contributed by atoms with Crippen molar-refractivity contribution in [2.24, 2.45) is 5.73 Å². The van der Waals surface area contributed by atoms with Gasteiger partial charge in [-0.1, -0.05) is 78.9 Å². The molecule has 6 rings (SSSR count). The lowest BCUT2D eigenvalue weighted by Gasteiger charge is -2.45. The van der Waals surface area contributed by atoms with Crippen molar-refractivity contribution in [3.63, 3.8) is 0 Å². The lowest BCUT2D eigenvalue weighted by atomic mass is 9.81. The molecule has 6 N–H and O–H groups in total. The standard InChI is InChI=1S/C41H49N7O5/c1-27(49)44-33(23-28-13-5-3-6-14-28)37(50)46-34(24-29-15-7-4-8-16-29)39(52)48-26-35-31(30-17-9-10-18-32(30)45-35)25-41(48)20-22-47(40(41)53)36(38(51)43-2)19-11-12-21-42/h3-10,13-18,33-34,36,45H,11-12,19-26,42H2,1-2H3,(H,43,51)(H,44,49)(H,46,50). The van der Waals surface area contributed by atoms with Gasteiger partial charge in [0.2, 0.25) is 29.5 Å². The maximum atomic E-state index is 15.2. The zero-order valence-corrected chi connectivity index (χ0v) is 30.4. The summed E-state index contributed by atoms with van der Waals surface area (Å²) in [4.78, 5) is 76.6. The summed E-state index contributed by atoms with van der Waals surface area (Å²) in [7, 11) is 1.56. The van der Waals surface area contributed by atoms with Crippen molar-refractivity contribution < 1.29 is 24.0 Å². The summed E-state index contributed by atoms with van der Waals surface area (Å²) in [6, 6.07) is 23.9. The number of hydrogen-bond donors (Lipinski definition) is 5. The predicted molar refractivity (Wildman–Crippen MR) is 202 cm³/mol. The Morgan fingerprint density at radius 1 is 0.849 bits per heavy atom. The van der Waals surface area contributed by atoms with Gasteiger partial charge in [-0.05, 0) is 55.0 Å². The van der Waals surface area contributed by atoms with Gasteiger partial charge in [0.15, 0.2) is 0 Å². The average Bonchev–Trinajstić information content (AvgIpc) is 3.69. The first kappa shape index (κ1) is 37.3. The van der Waals surface area contributed by atoms with Crippen LogP contribution in [-0.4, -0.2) is 88.1 Å². The van der Waals surface area contributed by atoms with E-state index >= 15 is 4.79 Å². The molecule has 1 aromatic heterocycles. The van der Waals surface area contributed by atoms with Crippen LogP contribution >= 0.6 is 0 Å². The number of benzene rings is 3. The molecule has 4 unspecified atom stereocenters. The summed E-state index contributed by atoms with van der Waals surface area (Å²) in [6.45, 7) is 2.23. The average molecular weight is 720 g/mol. The molecule has 12 nitrogen and oxygen atoms in total. The summed E-state index contributed by atoms with van der Waals surface area (Å²) in [5, 5.41) is 9.48. The molecular weight excluding hydrogens is 670 g/mol. The summed E-state index contributed by atoms with van der Waals surface area (Å²) in [5.74, 6) is -1.84. The van der Waals surface area contributed by atoms with Crippen molar-refractivity contribution >= 4 is 40.4 Å². The normalized spacial score (nSPS) is 18.4. The van der Waals surface area contributed by atoms with E-state index in [1.807, 2.05) is 84.9 Å². The molecule has 53 heavy (non-hydrogen) atoms. The minimum atomic E-state index is -1.30. The van der Waals surface area contributed by atoms with Gasteiger partial charge in [-0.3, -0.25) is 24.0 Å². The number of carbonyl (C=O) groups excluding carboxylic acids is 5. The van der Waals surface area contributed by atoms with E-state index in [4.69, 9.17) is 5.73 Å². The molecular formula is C41H49N7O5. The fourth-order valence-electron chi connectivity index (χ4n) is 7.96. The quantitative estimate of drug-likeness (QED) is 0.126. The number of H-pyrrole nitrogens is 1. The molecule has 3 aromatic carbocycles. The third-order valence-corrected chi connectivity index (χ3v) is 10.6. The molecule has 2 aliphatic rings. The number of likely N-dealkylation sites (N-methyl/N-ethyl adjacent to an activating group) is 1. The largest absolute Gasteiger partial charge is 0.357 e. The lowest BCUT2D eigenvalue weighted by Crippen LogP contribution is -2.65. The molecule has 4 aromatic rings. The highest BCUT2D eigenvalue weighted by atomic mass is 16.2. The third kappa shape index (κ3) is 7.97. The van der Waals surface area contributed by atoms with E-state index < -0.39 is 35.5 Å². The van der Waals surface area contributed by atoms with Gasteiger partial charge in [0.1, 0.15) is 23.7 Å². The van der Waals surface area contributed by atoms with E-state index in [1.165, 1.54) is 6.92 Å². The minimum Gasteiger partial charge on any atom is -0.357 e. The lowest BCUT2D eigenvalue weighted by molar-refractivity contribution is -0.155. The van der Waals surface area contributed by atoms with Crippen LogP contribution < -0.4 is 21.7 Å². The third-order valence-electron chi connectivity index (χ3n) is 10.6. The molecule has 278 valence electrons. The van der Waals surface area contributed by atoms with Gasteiger partial charge in [-0.15, -0.1) is 0 Å². The number of unbranched alkanes of at least 4 members (excludes halogenated alkanes) is 1. The van der Waals surface area contributed by atoms with Gasteiger partial charge in [0.05, 0.1) is 6.54 Å². The van der Waals surface area contributed by atoms with Crippen molar-refractivity contribution in [1.82, 2.24) is 30.7 Å². The van der Waals surface area contributed by atoms with Crippen molar-refractivity contribution in [3.05, 3.63) is 107 Å². The zero-order valence-electron chi connectivity index (χ0n) is 30.4. The summed E-state index contributed by atoms with van der Waals surface area (Å²) in [6.07, 6.45) is 2.79. The van der Waals surface area contributed by atoms with Gasteiger partial charge in [0, 0.05) is 56.4 Å². The van der Waals surface area contributed by atoms with Crippen molar-refractivity contribution in [1.29, 1.82) is 0 Å². The molecule has 5 amide bonds. The number of nitrogens with two attached hydrogens (primary N) is 1. The first-order valence-corrected chi connectivity index (χ1v) is 18.4. The SMILES string of the molecule is CNC(=O)C(CCCCN)N1CCC2(Cc3c([nH]c4ccccc34)CN2C(=O)C(Cc2ccccc2)NC(=O)C(Cc2ccccc2)NC(C)=O)C1=O. The van der Waals surface area contributed by atoms with E-state index in [9.17, 15) is 19.2 Å². The molecule has 1 fully saturated rings. The summed E-state index contributed by atoms with van der Waals surface area (Å²) >= 11 is 0. The predicted octanol–water partition coefficient (Wildman–Crippen LogP) is 2.74. The number of nitrogens with zero attached hydrogens (tertiary/aromatic N) is 2. The van der Waals surface area contributed by atoms with Crippen LogP contribution in [0.3, 0.4) is 0 Å². The smallest absolute Gasteiger partial charge is 0.249 e. The molecule has 0 radical (unpaired) electrons. The Morgan fingerprint density at radius 3 is 2.13 bits per heavy atom. The van der Waals surface area contributed by atoms with Crippen LogP contribution in [0.1, 0.15) is 55.0 Å². The first-order chi connectivity index (χ1) is 25.6. The van der Waals surface area contributed by atoms with Gasteiger partial charge in [0.25, 0.3) is 0 Å². The van der Waals surface area contributed by atoms with Crippen LogP contribution in [0.4, 0.5) is 0 Å². The topological polar surface area (TPSA) is 170 Å². The minimum absolute atomic E-state index is 0.112. The molecule has 12 heteroatoms. The Kier molecular flexibility index (Phi) is 11.6. The van der Waals surface area contributed by atoms with Crippen molar-refractivity contribution in [2.75, 3.05) is 20.1 Å². The van der Waals surface area contributed by atoms with Gasteiger partial charge >= 0.3 is 0 Å². The Morgan fingerprint density at radius 2 is 1.49 bits per heavy atom. The second-order valence-corrected chi connectivity index (χ2v) is 14.1. The van der Waals surface area contributed by atoms with Gasteiger partial charge in [-0.25, -0.2) is 0 Å². The highest BCUT2D eigenvalue weighted by Crippen LogP contribution is 2.42. The molecule has 0 saturated carbocycles. The molecule has 1 spiro atoms. The maximum absolute atomic E-state index is 15.2. The van der Waals surface area contributed by atoms with Crippen LogP contribution in [0, 0.1) is 0 Å². The van der Waals surface area contributed by atoms with Gasteiger partial charge in [-0.2, -0.15) is 0 Å². The number of aromatic nitrogens is 1. The molecule has 4 atom stereocenters. The van der Waals surface area contributed by atoms with Crippen LogP contribution in [0.5, 0.6) is 0 Å². The van der Waals surface area contributed by atoms with E-state index in [0.29, 0.717) is 38.8 Å². The molecule has 3 heterocycles. The second-order valence-electron chi connectivity index (χ2n) is 14.1. The maximum Gasteiger partial charge on any atom is 0.249 e. The molecule has 2 aliphatic heterocycles. The fourth-order valence-corrected chi connectivity index (χ4v) is 7.96. The Balaban J connectivity index is 1.39. The number of likely N-dealkylation sites (tertiary alicyclic amines) is 1. The Hall–Kier alpha value is -5.49. The van der Waals surface area contributed by atoms with Crippen LogP contribution in [-0.2, 0) is 49.8 Å². The zero-order chi connectivity index (χ0) is 37.5. The summed E-state index contributed by atoms with van der Waals surface area (Å²) < 4.78 is 0. The monoisotopic (exact) mass is 719 g/mol. The van der Waals surface area contributed by atoms with Crippen LogP contribution in [0.2, 0.25) is 0 Å². The van der Waals surface area contributed by atoms with Crippen LogP contribution in [0.25, 0.3) is 10.9 Å². The van der Waals surface area contributed by atoms with E-state index in [0.717, 1.165) is 33.3 Å².